The van der Waals surface area contributed by atoms with Crippen LogP contribution in [0.1, 0.15) is 48.0 Å². The van der Waals surface area contributed by atoms with Gasteiger partial charge in [0.2, 0.25) is 0 Å². The summed E-state index contributed by atoms with van der Waals surface area (Å²) in [6, 6.07) is -0.394. The average Bonchev–Trinajstić information content (AvgIpc) is 2.74. The lowest BCUT2D eigenvalue weighted by Crippen LogP contribution is -2.45. The van der Waals surface area contributed by atoms with Crippen molar-refractivity contribution < 1.29 is 26.6 Å². The van der Waals surface area contributed by atoms with Crippen LogP contribution < -0.4 is 0 Å². The van der Waals surface area contributed by atoms with Gasteiger partial charge in [-0.05, 0) is 45.3 Å². The van der Waals surface area contributed by atoms with E-state index < -0.39 is 36.2 Å². The van der Waals surface area contributed by atoms with Crippen LogP contribution in [-0.2, 0) is 23.5 Å². The Morgan fingerprint density at radius 1 is 1.11 bits per heavy atom. The predicted octanol–water partition coefficient (Wildman–Crippen LogP) is 3.59. The molecule has 2 unspecified atom stereocenters. The maximum Gasteiger partial charge on any atom is 0.410 e. The third-order valence-electron chi connectivity index (χ3n) is 4.75. The lowest BCUT2D eigenvalue weighted by atomic mass is 10.2. The van der Waals surface area contributed by atoms with Crippen LogP contribution in [0.4, 0.5) is 4.79 Å². The van der Waals surface area contributed by atoms with E-state index in [2.05, 4.69) is 33.9 Å². The third-order valence-corrected chi connectivity index (χ3v) is 9.85. The summed E-state index contributed by atoms with van der Waals surface area (Å²) in [6.45, 7) is 16.5. The first-order valence-electron chi connectivity index (χ1n) is 8.93. The van der Waals surface area contributed by atoms with Crippen LogP contribution in [0.5, 0.6) is 0 Å². The first-order chi connectivity index (χ1) is 11.4. The first-order valence-corrected chi connectivity index (χ1v) is 13.7. The average molecular weight is 478 g/mol. The molecule has 0 saturated carbocycles. The summed E-state index contributed by atoms with van der Waals surface area (Å²) in [7, 11) is -5.59. The molecule has 0 radical (unpaired) electrons. The zero-order valence-corrected chi connectivity index (χ0v) is 22.4. The van der Waals surface area contributed by atoms with E-state index in [-0.39, 0.29) is 44.7 Å². The molecule has 0 spiro atoms. The van der Waals surface area contributed by atoms with Crippen molar-refractivity contribution in [2.45, 2.75) is 83.8 Å². The van der Waals surface area contributed by atoms with E-state index in [0.29, 0.717) is 13.0 Å². The second-order valence-electron chi connectivity index (χ2n) is 9.51. The molecule has 1 aliphatic rings. The second-order valence-corrected chi connectivity index (χ2v) is 15.9. The summed E-state index contributed by atoms with van der Waals surface area (Å²) in [5.74, 6) is 0. The van der Waals surface area contributed by atoms with Crippen molar-refractivity contribution in [1.29, 1.82) is 0 Å². The summed E-state index contributed by atoms with van der Waals surface area (Å²) in [4.78, 5) is 14.1. The van der Waals surface area contributed by atoms with E-state index in [0.717, 1.165) is 6.26 Å². The molecular formula is C17H39NO6S3Si. The molecule has 1 aliphatic heterocycles. The van der Waals surface area contributed by atoms with Gasteiger partial charge >= 0.3 is 6.09 Å². The highest BCUT2D eigenvalue weighted by Gasteiger charge is 2.44. The van der Waals surface area contributed by atoms with Gasteiger partial charge in [-0.3, -0.25) is 4.18 Å². The molecule has 2 atom stereocenters. The second kappa shape index (κ2) is 10.4. The van der Waals surface area contributed by atoms with Crippen LogP contribution in [-0.4, -0.2) is 64.9 Å². The van der Waals surface area contributed by atoms with E-state index in [9.17, 15) is 13.2 Å². The van der Waals surface area contributed by atoms with Crippen LogP contribution >= 0.6 is 27.0 Å². The molecule has 1 heterocycles. The van der Waals surface area contributed by atoms with E-state index in [1.807, 2.05) is 0 Å². The van der Waals surface area contributed by atoms with Gasteiger partial charge in [-0.25, -0.2) is 4.79 Å². The lowest BCUT2D eigenvalue weighted by molar-refractivity contribution is 0.0176. The lowest BCUT2D eigenvalue weighted by Gasteiger charge is -2.38. The molecular weight excluding hydrogens is 438 g/mol. The van der Waals surface area contributed by atoms with Gasteiger partial charge in [0.1, 0.15) is 5.60 Å². The minimum Gasteiger partial charge on any atom is -0.444 e. The minimum atomic E-state index is -3.58. The van der Waals surface area contributed by atoms with Gasteiger partial charge in [0.05, 0.1) is 25.0 Å². The normalized spacial score (nSPS) is 21.0. The molecule has 0 aromatic rings. The fourth-order valence-corrected chi connectivity index (χ4v) is 4.22. The summed E-state index contributed by atoms with van der Waals surface area (Å²) >= 11 is 0. The van der Waals surface area contributed by atoms with Crippen molar-refractivity contribution in [3.8, 4) is 0 Å². The van der Waals surface area contributed by atoms with Gasteiger partial charge in [-0.15, -0.1) is 0 Å². The molecule has 1 fully saturated rings. The first kappa shape index (κ1) is 30.3. The highest BCUT2D eigenvalue weighted by Crippen LogP contribution is 2.39. The van der Waals surface area contributed by atoms with Crippen LogP contribution in [0, 0.1) is 0 Å². The number of rotatable bonds is 5. The van der Waals surface area contributed by atoms with Gasteiger partial charge < -0.3 is 14.1 Å². The standard InChI is InChI=1S/C17H35NO6SSi.2H2S/c1-16(2,3)23-15(19)18-11-14(24-26(8,9)17(4,5)6)10-13(18)12-22-25(7,20)21;;/h13-14H,10-12H2,1-9H3;2*1H2. The monoisotopic (exact) mass is 477 g/mol. The summed E-state index contributed by atoms with van der Waals surface area (Å²) < 4.78 is 39.5. The minimum absolute atomic E-state index is 0. The fourth-order valence-electron chi connectivity index (χ4n) is 2.46. The fraction of sp³-hybridized carbons (Fsp3) is 0.941. The van der Waals surface area contributed by atoms with E-state index in [1.165, 1.54) is 4.90 Å². The summed E-state index contributed by atoms with van der Waals surface area (Å²) in [6.07, 6.45) is 0.905. The molecule has 0 aliphatic carbocycles. The Hall–Kier alpha value is 0.0569. The Morgan fingerprint density at radius 3 is 2.00 bits per heavy atom. The van der Waals surface area contributed by atoms with Crippen molar-refractivity contribution in [3.63, 3.8) is 0 Å². The van der Waals surface area contributed by atoms with E-state index >= 15 is 0 Å². The quantitative estimate of drug-likeness (QED) is 0.444. The Balaban J connectivity index is 0. The zero-order valence-electron chi connectivity index (χ0n) is 18.6. The Morgan fingerprint density at radius 2 is 1.61 bits per heavy atom. The molecule has 1 saturated heterocycles. The molecule has 0 aromatic carbocycles. The van der Waals surface area contributed by atoms with Crippen LogP contribution in [0.15, 0.2) is 0 Å². The SMILES string of the molecule is CC(C)(C)OC(=O)N1CC(O[Si](C)(C)C(C)(C)C)CC1COS(C)(=O)=O.S.S. The number of amides is 1. The smallest absolute Gasteiger partial charge is 0.410 e. The molecule has 0 aromatic heterocycles. The van der Waals surface area contributed by atoms with Gasteiger partial charge in [-0.2, -0.15) is 35.4 Å². The molecule has 1 amide bonds. The molecule has 170 valence electrons. The largest absolute Gasteiger partial charge is 0.444 e. The molecule has 7 nitrogen and oxygen atoms in total. The topological polar surface area (TPSA) is 82.1 Å². The van der Waals surface area contributed by atoms with Crippen molar-refractivity contribution in [3.05, 3.63) is 0 Å². The van der Waals surface area contributed by atoms with Gasteiger partial charge in [0, 0.05) is 6.54 Å². The van der Waals surface area contributed by atoms with E-state index in [4.69, 9.17) is 13.3 Å². The number of nitrogens with zero attached hydrogens (tertiary/aromatic N) is 1. The Bertz CT molecular complexity index is 613. The highest BCUT2D eigenvalue weighted by molar-refractivity contribution is 7.85. The number of carbonyl (C=O) groups is 1. The highest BCUT2D eigenvalue weighted by atomic mass is 32.2. The van der Waals surface area contributed by atoms with Gasteiger partial charge in [0.25, 0.3) is 10.1 Å². The van der Waals surface area contributed by atoms with Crippen molar-refractivity contribution >= 4 is 51.5 Å². The van der Waals surface area contributed by atoms with Gasteiger partial charge in [-0.1, -0.05) is 20.8 Å². The maximum absolute atomic E-state index is 12.6. The number of hydrogen-bond donors (Lipinski definition) is 0. The van der Waals surface area contributed by atoms with Crippen molar-refractivity contribution in [1.82, 2.24) is 4.90 Å². The van der Waals surface area contributed by atoms with E-state index in [1.54, 1.807) is 20.8 Å². The third kappa shape index (κ3) is 9.71. The van der Waals surface area contributed by atoms with Crippen molar-refractivity contribution in [2.24, 2.45) is 0 Å². The molecule has 1 rings (SSSR count). The van der Waals surface area contributed by atoms with Crippen LogP contribution in [0.3, 0.4) is 0 Å². The van der Waals surface area contributed by atoms with Crippen LogP contribution in [0.2, 0.25) is 18.1 Å². The molecule has 28 heavy (non-hydrogen) atoms. The predicted molar refractivity (Wildman–Crippen MR) is 125 cm³/mol. The number of carbonyl (C=O) groups excluding carboxylic acids is 1. The molecule has 11 heteroatoms. The Kier molecular flexibility index (Phi) is 11.2. The molecule has 0 N–H and O–H groups in total. The van der Waals surface area contributed by atoms with Crippen LogP contribution in [0.25, 0.3) is 0 Å². The Labute approximate surface area is 186 Å². The number of ether oxygens (including phenoxy) is 1. The summed E-state index contributed by atoms with van der Waals surface area (Å²) in [5, 5.41) is 0.0467. The molecule has 0 bridgehead atoms. The maximum atomic E-state index is 12.6. The number of hydrogen-bond acceptors (Lipinski definition) is 6. The number of likely N-dealkylation sites (tertiary alicyclic amines) is 1. The zero-order chi connectivity index (χ0) is 20.6. The van der Waals surface area contributed by atoms with Gasteiger partial charge in [0.15, 0.2) is 8.32 Å². The summed E-state index contributed by atoms with van der Waals surface area (Å²) in [5.41, 5.74) is -0.627. The van der Waals surface area contributed by atoms with Crippen molar-refractivity contribution in [2.75, 3.05) is 19.4 Å².